The molecule has 1 heterocycles. The van der Waals surface area contributed by atoms with E-state index in [1.807, 2.05) is 23.5 Å². The van der Waals surface area contributed by atoms with Gasteiger partial charge in [-0.15, -0.1) is 11.3 Å². The van der Waals surface area contributed by atoms with E-state index in [4.69, 9.17) is 4.74 Å². The van der Waals surface area contributed by atoms with Gasteiger partial charge in [-0.25, -0.2) is 0 Å². The van der Waals surface area contributed by atoms with Crippen molar-refractivity contribution in [3.05, 3.63) is 52.2 Å². The van der Waals surface area contributed by atoms with Gasteiger partial charge in [-0.3, -0.25) is 0 Å². The third-order valence-electron chi connectivity index (χ3n) is 3.56. The summed E-state index contributed by atoms with van der Waals surface area (Å²) in [6.07, 6.45) is 0. The quantitative estimate of drug-likeness (QED) is 0.824. The van der Waals surface area contributed by atoms with E-state index in [1.54, 1.807) is 7.11 Å². The molecule has 0 aliphatic heterocycles. The molecule has 0 aliphatic rings. The highest BCUT2D eigenvalue weighted by molar-refractivity contribution is 7.10. The Hall–Kier alpha value is -1.32. The first kappa shape index (κ1) is 15.1. The Morgan fingerprint density at radius 3 is 2.25 bits per heavy atom. The Morgan fingerprint density at radius 2 is 1.75 bits per heavy atom. The largest absolute Gasteiger partial charge is 0.497 e. The van der Waals surface area contributed by atoms with Crippen molar-refractivity contribution in [1.29, 1.82) is 0 Å². The van der Waals surface area contributed by atoms with E-state index in [1.165, 1.54) is 10.4 Å². The van der Waals surface area contributed by atoms with Crippen LogP contribution in [0.4, 0.5) is 0 Å². The summed E-state index contributed by atoms with van der Waals surface area (Å²) in [5.41, 5.74) is 1.29. The van der Waals surface area contributed by atoms with Crippen LogP contribution in [0, 0.1) is 5.92 Å². The minimum atomic E-state index is 0.315. The van der Waals surface area contributed by atoms with Crippen LogP contribution in [0.25, 0.3) is 0 Å². The summed E-state index contributed by atoms with van der Waals surface area (Å²) in [6.45, 7) is 6.74. The van der Waals surface area contributed by atoms with E-state index in [0.717, 1.165) is 5.75 Å². The van der Waals surface area contributed by atoms with Crippen molar-refractivity contribution in [2.75, 3.05) is 7.11 Å². The SMILES string of the molecule is COc1ccc(C(C)NC(c2cccs2)C(C)C)cc1. The predicted octanol–water partition coefficient (Wildman–Crippen LogP) is 4.80. The third-order valence-corrected chi connectivity index (χ3v) is 4.52. The molecule has 2 atom stereocenters. The fourth-order valence-corrected chi connectivity index (χ4v) is 3.29. The highest BCUT2D eigenvalue weighted by Gasteiger charge is 2.19. The molecule has 2 nitrogen and oxygen atoms in total. The number of ether oxygens (including phenoxy) is 1. The molecule has 0 radical (unpaired) electrons. The maximum atomic E-state index is 5.21. The number of thiophene rings is 1. The molecule has 1 aromatic carbocycles. The second-order valence-electron chi connectivity index (χ2n) is 5.40. The normalized spacial score (nSPS) is 14.2. The fraction of sp³-hybridized carbons (Fsp3) is 0.412. The highest BCUT2D eigenvalue weighted by atomic mass is 32.1. The van der Waals surface area contributed by atoms with E-state index in [9.17, 15) is 0 Å². The number of methoxy groups -OCH3 is 1. The lowest BCUT2D eigenvalue weighted by molar-refractivity contribution is 0.379. The van der Waals surface area contributed by atoms with Crippen molar-refractivity contribution in [2.24, 2.45) is 5.92 Å². The van der Waals surface area contributed by atoms with Crippen molar-refractivity contribution in [3.63, 3.8) is 0 Å². The Balaban J connectivity index is 2.09. The summed E-state index contributed by atoms with van der Waals surface area (Å²) in [5.74, 6) is 1.47. The van der Waals surface area contributed by atoms with Gasteiger partial charge in [0.2, 0.25) is 0 Å². The van der Waals surface area contributed by atoms with Crippen molar-refractivity contribution >= 4 is 11.3 Å². The highest BCUT2D eigenvalue weighted by Crippen LogP contribution is 2.29. The Labute approximate surface area is 125 Å². The van der Waals surface area contributed by atoms with Crippen molar-refractivity contribution in [1.82, 2.24) is 5.32 Å². The molecule has 108 valence electrons. The van der Waals surface area contributed by atoms with Gasteiger partial charge in [0.15, 0.2) is 0 Å². The number of benzene rings is 1. The lowest BCUT2D eigenvalue weighted by Gasteiger charge is -2.26. The Bertz CT molecular complexity index is 504. The lowest BCUT2D eigenvalue weighted by atomic mass is 9.99. The summed E-state index contributed by atoms with van der Waals surface area (Å²) >= 11 is 1.82. The Morgan fingerprint density at radius 1 is 1.05 bits per heavy atom. The summed E-state index contributed by atoms with van der Waals surface area (Å²) in [5, 5.41) is 5.89. The Kier molecular flexibility index (Phi) is 5.21. The number of hydrogen-bond donors (Lipinski definition) is 1. The molecule has 0 fully saturated rings. The van der Waals surface area contributed by atoms with E-state index >= 15 is 0 Å². The van der Waals surface area contributed by atoms with Gasteiger partial charge in [-0.1, -0.05) is 32.0 Å². The van der Waals surface area contributed by atoms with E-state index in [2.05, 4.69) is 55.7 Å². The van der Waals surface area contributed by atoms with Crippen LogP contribution >= 0.6 is 11.3 Å². The molecule has 2 aromatic rings. The number of hydrogen-bond acceptors (Lipinski definition) is 3. The van der Waals surface area contributed by atoms with Crippen LogP contribution in [-0.4, -0.2) is 7.11 Å². The summed E-state index contributed by atoms with van der Waals surface area (Å²) in [7, 11) is 1.70. The first-order valence-electron chi connectivity index (χ1n) is 7.05. The first-order chi connectivity index (χ1) is 9.61. The van der Waals surface area contributed by atoms with E-state index in [0.29, 0.717) is 18.0 Å². The molecule has 0 aliphatic carbocycles. The maximum Gasteiger partial charge on any atom is 0.118 e. The van der Waals surface area contributed by atoms with Gasteiger partial charge in [0, 0.05) is 17.0 Å². The molecule has 2 unspecified atom stereocenters. The lowest BCUT2D eigenvalue weighted by Crippen LogP contribution is -2.27. The molecule has 3 heteroatoms. The van der Waals surface area contributed by atoms with Gasteiger partial charge < -0.3 is 10.1 Å². The minimum Gasteiger partial charge on any atom is -0.497 e. The fourth-order valence-electron chi connectivity index (χ4n) is 2.33. The first-order valence-corrected chi connectivity index (χ1v) is 7.93. The van der Waals surface area contributed by atoms with Crippen LogP contribution in [0.15, 0.2) is 41.8 Å². The van der Waals surface area contributed by atoms with Crippen LogP contribution in [0.2, 0.25) is 0 Å². The molecule has 0 saturated carbocycles. The molecule has 1 aromatic heterocycles. The zero-order valence-electron chi connectivity index (χ0n) is 12.6. The van der Waals surface area contributed by atoms with Crippen LogP contribution in [-0.2, 0) is 0 Å². The smallest absolute Gasteiger partial charge is 0.118 e. The standard InChI is InChI=1S/C17H23NOS/c1-12(2)17(16-6-5-11-20-16)18-13(3)14-7-9-15(19-4)10-8-14/h5-13,17-18H,1-4H3. The summed E-state index contributed by atoms with van der Waals surface area (Å²) < 4.78 is 5.21. The van der Waals surface area contributed by atoms with Crippen LogP contribution in [0.5, 0.6) is 5.75 Å². The number of rotatable bonds is 6. The zero-order valence-corrected chi connectivity index (χ0v) is 13.4. The van der Waals surface area contributed by atoms with Gasteiger partial charge in [0.25, 0.3) is 0 Å². The van der Waals surface area contributed by atoms with Gasteiger partial charge in [0.1, 0.15) is 5.75 Å². The molecule has 0 amide bonds. The average molecular weight is 289 g/mol. The zero-order chi connectivity index (χ0) is 14.5. The van der Waals surface area contributed by atoms with Gasteiger partial charge in [-0.2, -0.15) is 0 Å². The molecule has 0 spiro atoms. The van der Waals surface area contributed by atoms with Crippen LogP contribution < -0.4 is 10.1 Å². The van der Waals surface area contributed by atoms with Gasteiger partial charge >= 0.3 is 0 Å². The second-order valence-corrected chi connectivity index (χ2v) is 6.38. The molecular formula is C17H23NOS. The molecule has 20 heavy (non-hydrogen) atoms. The molecule has 0 saturated heterocycles. The van der Waals surface area contributed by atoms with E-state index in [-0.39, 0.29) is 0 Å². The topological polar surface area (TPSA) is 21.3 Å². The molecule has 1 N–H and O–H groups in total. The predicted molar refractivity (Wildman–Crippen MR) is 86.4 cm³/mol. The van der Waals surface area contributed by atoms with Crippen molar-refractivity contribution in [2.45, 2.75) is 32.9 Å². The monoisotopic (exact) mass is 289 g/mol. The van der Waals surface area contributed by atoms with Crippen molar-refractivity contribution in [3.8, 4) is 5.75 Å². The minimum absolute atomic E-state index is 0.315. The van der Waals surface area contributed by atoms with Gasteiger partial charge in [0.05, 0.1) is 7.11 Å². The van der Waals surface area contributed by atoms with Crippen LogP contribution in [0.1, 0.15) is 43.3 Å². The molecule has 2 rings (SSSR count). The second kappa shape index (κ2) is 6.91. The van der Waals surface area contributed by atoms with Crippen LogP contribution in [0.3, 0.4) is 0 Å². The number of nitrogens with one attached hydrogen (secondary N) is 1. The third kappa shape index (κ3) is 3.62. The maximum absolute atomic E-state index is 5.21. The molecule has 0 bridgehead atoms. The van der Waals surface area contributed by atoms with Gasteiger partial charge in [-0.05, 0) is 42.0 Å². The summed E-state index contributed by atoms with van der Waals surface area (Å²) in [6, 6.07) is 13.3. The molecular weight excluding hydrogens is 266 g/mol. The van der Waals surface area contributed by atoms with E-state index < -0.39 is 0 Å². The average Bonchev–Trinajstić information content (AvgIpc) is 2.98. The van der Waals surface area contributed by atoms with Crippen molar-refractivity contribution < 1.29 is 4.74 Å². The summed E-state index contributed by atoms with van der Waals surface area (Å²) in [4.78, 5) is 1.40.